The number of carboxylic acids is 1. The van der Waals surface area contributed by atoms with Crippen LogP contribution in [0.2, 0.25) is 0 Å². The Labute approximate surface area is 62.0 Å². The van der Waals surface area contributed by atoms with E-state index in [1.807, 2.05) is 0 Å². The van der Waals surface area contributed by atoms with E-state index in [1.54, 1.807) is 0 Å². The van der Waals surface area contributed by atoms with Crippen molar-refractivity contribution in [2.24, 2.45) is 0 Å². The van der Waals surface area contributed by atoms with E-state index >= 15 is 0 Å². The zero-order valence-electron chi connectivity index (χ0n) is 5.93. The van der Waals surface area contributed by atoms with Crippen LogP contribution in [0.5, 0.6) is 0 Å². The fraction of sp³-hybridized carbons (Fsp3) is 0.667. The first-order valence-electron chi connectivity index (χ1n) is 3.07. The van der Waals surface area contributed by atoms with Crippen LogP contribution in [0.15, 0.2) is 0 Å². The summed E-state index contributed by atoms with van der Waals surface area (Å²) in [5.41, 5.74) is 0. The maximum Gasteiger partial charge on any atom is 0.399 e. The van der Waals surface area contributed by atoms with E-state index in [1.165, 1.54) is 6.92 Å². The standard InChI is InChI=1S/C6H8F2O3/c1-2-3-4(9)6(7,8)5(10)11/h2-3H2,1H3,(H,10,11). The molecule has 1 N–H and O–H groups in total. The maximum atomic E-state index is 12.2. The average molecular weight is 166 g/mol. The summed E-state index contributed by atoms with van der Waals surface area (Å²) >= 11 is 0. The zero-order chi connectivity index (χ0) is 9.07. The van der Waals surface area contributed by atoms with Crippen molar-refractivity contribution in [2.75, 3.05) is 0 Å². The molecule has 0 saturated heterocycles. The number of aliphatic carboxylic acids is 1. The molecule has 0 bridgehead atoms. The first-order valence-corrected chi connectivity index (χ1v) is 3.07. The topological polar surface area (TPSA) is 54.4 Å². The Hall–Kier alpha value is -1.00. The second-order valence-electron chi connectivity index (χ2n) is 2.05. The summed E-state index contributed by atoms with van der Waals surface area (Å²) in [4.78, 5) is 20.1. The molecule has 0 saturated carbocycles. The monoisotopic (exact) mass is 166 g/mol. The molecule has 0 fully saturated rings. The second kappa shape index (κ2) is 3.41. The molecular weight excluding hydrogens is 158 g/mol. The lowest BCUT2D eigenvalue weighted by Gasteiger charge is -2.07. The van der Waals surface area contributed by atoms with Crippen molar-refractivity contribution in [3.8, 4) is 0 Å². The van der Waals surface area contributed by atoms with Gasteiger partial charge in [0.2, 0.25) is 5.78 Å². The van der Waals surface area contributed by atoms with Crippen LogP contribution in [0.25, 0.3) is 0 Å². The molecule has 0 rings (SSSR count). The largest absolute Gasteiger partial charge is 0.476 e. The number of carbonyl (C=O) groups is 2. The molecule has 0 aliphatic heterocycles. The molecule has 0 aromatic rings. The van der Waals surface area contributed by atoms with Gasteiger partial charge in [-0.2, -0.15) is 8.78 Å². The van der Waals surface area contributed by atoms with Crippen LogP contribution in [0, 0.1) is 0 Å². The van der Waals surface area contributed by atoms with E-state index in [9.17, 15) is 18.4 Å². The smallest absolute Gasteiger partial charge is 0.399 e. The number of rotatable bonds is 4. The summed E-state index contributed by atoms with van der Waals surface area (Å²) in [5.74, 6) is -8.13. The molecule has 5 heteroatoms. The molecule has 0 radical (unpaired) electrons. The van der Waals surface area contributed by atoms with Crippen LogP contribution < -0.4 is 0 Å². The van der Waals surface area contributed by atoms with Crippen molar-refractivity contribution in [1.82, 2.24) is 0 Å². The number of Topliss-reactive ketones (excluding diaryl/α,β-unsaturated/α-hetero) is 1. The molecule has 3 nitrogen and oxygen atoms in total. The first kappa shape index (κ1) is 10.0. The predicted molar refractivity (Wildman–Crippen MR) is 32.5 cm³/mol. The molecule has 0 aromatic heterocycles. The minimum Gasteiger partial charge on any atom is -0.476 e. The number of carbonyl (C=O) groups excluding carboxylic acids is 1. The van der Waals surface area contributed by atoms with E-state index < -0.39 is 24.1 Å². The van der Waals surface area contributed by atoms with Crippen molar-refractivity contribution >= 4 is 11.8 Å². The Balaban J connectivity index is 4.30. The van der Waals surface area contributed by atoms with Gasteiger partial charge in [-0.05, 0) is 6.42 Å². The van der Waals surface area contributed by atoms with Crippen molar-refractivity contribution in [1.29, 1.82) is 0 Å². The van der Waals surface area contributed by atoms with Gasteiger partial charge >= 0.3 is 11.9 Å². The Morgan fingerprint density at radius 1 is 1.45 bits per heavy atom. The summed E-state index contributed by atoms with van der Waals surface area (Å²) in [7, 11) is 0. The van der Waals surface area contributed by atoms with Gasteiger partial charge < -0.3 is 5.11 Å². The van der Waals surface area contributed by atoms with Crippen LogP contribution >= 0.6 is 0 Å². The molecule has 11 heavy (non-hydrogen) atoms. The van der Waals surface area contributed by atoms with Gasteiger partial charge in [-0.1, -0.05) is 6.92 Å². The van der Waals surface area contributed by atoms with Crippen LogP contribution in [-0.4, -0.2) is 22.8 Å². The number of hydrogen-bond donors (Lipinski definition) is 1. The van der Waals surface area contributed by atoms with Crippen molar-refractivity contribution < 1.29 is 23.5 Å². The molecule has 0 spiro atoms. The molecule has 0 aliphatic rings. The van der Waals surface area contributed by atoms with Gasteiger partial charge in [-0.3, -0.25) is 4.79 Å². The molecule has 0 aromatic carbocycles. The summed E-state index contributed by atoms with van der Waals surface area (Å²) < 4.78 is 24.4. The molecule has 0 atom stereocenters. The zero-order valence-corrected chi connectivity index (χ0v) is 5.93. The highest BCUT2D eigenvalue weighted by Gasteiger charge is 2.46. The van der Waals surface area contributed by atoms with Gasteiger partial charge in [0.05, 0.1) is 0 Å². The molecule has 0 amide bonds. The summed E-state index contributed by atoms with van der Waals surface area (Å²) in [6.45, 7) is 1.52. The molecule has 0 aliphatic carbocycles. The Morgan fingerprint density at radius 2 is 1.91 bits per heavy atom. The number of ketones is 1. The lowest BCUT2D eigenvalue weighted by atomic mass is 10.1. The Bertz CT molecular complexity index is 177. The van der Waals surface area contributed by atoms with Crippen molar-refractivity contribution in [3.05, 3.63) is 0 Å². The number of halogens is 2. The minimum absolute atomic E-state index is 0.224. The first-order chi connectivity index (χ1) is 4.92. The van der Waals surface area contributed by atoms with Crippen molar-refractivity contribution in [3.63, 3.8) is 0 Å². The molecule has 64 valence electrons. The van der Waals surface area contributed by atoms with Gasteiger partial charge in [0.15, 0.2) is 0 Å². The third-order valence-electron chi connectivity index (χ3n) is 1.10. The molecule has 0 heterocycles. The summed E-state index contributed by atoms with van der Waals surface area (Å²) in [5, 5.41) is 7.87. The van der Waals surface area contributed by atoms with Crippen LogP contribution in [0.3, 0.4) is 0 Å². The van der Waals surface area contributed by atoms with Crippen LogP contribution in [0.1, 0.15) is 19.8 Å². The van der Waals surface area contributed by atoms with Crippen molar-refractivity contribution in [2.45, 2.75) is 25.7 Å². The fourth-order valence-electron chi connectivity index (χ4n) is 0.503. The molecular formula is C6H8F2O3. The number of alkyl halides is 2. The Morgan fingerprint density at radius 3 is 2.18 bits per heavy atom. The van der Waals surface area contributed by atoms with Gasteiger partial charge in [-0.15, -0.1) is 0 Å². The minimum atomic E-state index is -4.21. The highest BCUT2D eigenvalue weighted by molar-refractivity contribution is 6.04. The lowest BCUT2D eigenvalue weighted by molar-refractivity contribution is -0.171. The third kappa shape index (κ3) is 2.25. The van der Waals surface area contributed by atoms with Crippen LogP contribution in [-0.2, 0) is 9.59 Å². The predicted octanol–water partition coefficient (Wildman–Crippen LogP) is 1.08. The van der Waals surface area contributed by atoms with E-state index in [0.717, 1.165) is 0 Å². The van der Waals surface area contributed by atoms with Gasteiger partial charge in [0, 0.05) is 6.42 Å². The number of carboxylic acid groups (broad SMARTS) is 1. The van der Waals surface area contributed by atoms with Gasteiger partial charge in [0.1, 0.15) is 0 Å². The highest BCUT2D eigenvalue weighted by atomic mass is 19.3. The fourth-order valence-corrected chi connectivity index (χ4v) is 0.503. The third-order valence-corrected chi connectivity index (χ3v) is 1.10. The maximum absolute atomic E-state index is 12.2. The average Bonchev–Trinajstić information content (AvgIpc) is 1.88. The quantitative estimate of drug-likeness (QED) is 0.635. The number of hydrogen-bond acceptors (Lipinski definition) is 2. The van der Waals surface area contributed by atoms with Crippen LogP contribution in [0.4, 0.5) is 8.78 Å². The van der Waals surface area contributed by atoms with E-state index in [4.69, 9.17) is 5.11 Å². The summed E-state index contributed by atoms with van der Waals surface area (Å²) in [6, 6.07) is 0. The Kier molecular flexibility index (Phi) is 3.10. The van der Waals surface area contributed by atoms with E-state index in [0.29, 0.717) is 0 Å². The van der Waals surface area contributed by atoms with E-state index in [-0.39, 0.29) is 6.42 Å². The lowest BCUT2D eigenvalue weighted by Crippen LogP contribution is -2.37. The van der Waals surface area contributed by atoms with Gasteiger partial charge in [0.25, 0.3) is 0 Å². The summed E-state index contributed by atoms with van der Waals surface area (Å²) in [6.07, 6.45) is -0.180. The van der Waals surface area contributed by atoms with E-state index in [2.05, 4.69) is 0 Å². The molecule has 0 unspecified atom stereocenters. The second-order valence-corrected chi connectivity index (χ2v) is 2.05. The van der Waals surface area contributed by atoms with Gasteiger partial charge in [-0.25, -0.2) is 4.79 Å². The normalized spacial score (nSPS) is 11.2. The SMILES string of the molecule is CCCC(=O)C(F)(F)C(=O)O. The highest BCUT2D eigenvalue weighted by Crippen LogP contribution is 2.17.